The summed E-state index contributed by atoms with van der Waals surface area (Å²) in [6.45, 7) is 0.618. The first-order valence-electron chi connectivity index (χ1n) is 6.52. The van der Waals surface area contributed by atoms with Crippen molar-refractivity contribution >= 4 is 32.8 Å². The van der Waals surface area contributed by atoms with Crippen molar-refractivity contribution in [2.45, 2.75) is 13.0 Å². The molecular weight excluding hydrogens is 332 g/mol. The zero-order valence-electron chi connectivity index (χ0n) is 11.2. The number of benzene rings is 1. The molecule has 0 aliphatic carbocycles. The number of carboxylic acid groups (broad SMARTS) is 1. The van der Waals surface area contributed by atoms with Crippen LogP contribution in [0.4, 0.5) is 0 Å². The van der Waals surface area contributed by atoms with Gasteiger partial charge < -0.3 is 9.67 Å². The maximum Gasteiger partial charge on any atom is 0.307 e. The van der Waals surface area contributed by atoms with Crippen LogP contribution in [-0.4, -0.2) is 20.6 Å². The lowest BCUT2D eigenvalue weighted by Crippen LogP contribution is -2.01. The summed E-state index contributed by atoms with van der Waals surface area (Å²) in [4.78, 5) is 15.4. The van der Waals surface area contributed by atoms with E-state index in [4.69, 9.17) is 5.11 Å². The molecule has 4 nitrogen and oxygen atoms in total. The third-order valence-corrected chi connectivity index (χ3v) is 3.80. The average Bonchev–Trinajstić information content (AvgIpc) is 2.79. The maximum atomic E-state index is 11.0. The molecule has 106 valence electrons. The van der Waals surface area contributed by atoms with Crippen molar-refractivity contribution in [3.8, 4) is 0 Å². The van der Waals surface area contributed by atoms with Crippen LogP contribution in [0.2, 0.25) is 0 Å². The number of pyridine rings is 1. The second-order valence-corrected chi connectivity index (χ2v) is 5.75. The van der Waals surface area contributed by atoms with E-state index in [0.717, 1.165) is 26.6 Å². The highest BCUT2D eigenvalue weighted by atomic mass is 79.9. The predicted octanol–water partition coefficient (Wildman–Crippen LogP) is 3.47. The first-order valence-corrected chi connectivity index (χ1v) is 7.32. The Labute approximate surface area is 130 Å². The molecule has 0 saturated carbocycles. The van der Waals surface area contributed by atoms with Gasteiger partial charge in [-0.15, -0.1) is 0 Å². The number of nitrogens with zero attached hydrogens (tertiary/aromatic N) is 2. The van der Waals surface area contributed by atoms with Gasteiger partial charge in [0.05, 0.1) is 18.7 Å². The Balaban J connectivity index is 2.01. The van der Waals surface area contributed by atoms with E-state index in [2.05, 4.69) is 20.9 Å². The number of hydrogen-bond donors (Lipinski definition) is 1. The molecule has 2 heterocycles. The number of carboxylic acids is 1. The van der Waals surface area contributed by atoms with Gasteiger partial charge in [0.2, 0.25) is 0 Å². The highest BCUT2D eigenvalue weighted by Crippen LogP contribution is 2.22. The molecule has 0 spiro atoms. The van der Waals surface area contributed by atoms with Gasteiger partial charge in [0.25, 0.3) is 0 Å². The number of para-hydroxylation sites is 1. The van der Waals surface area contributed by atoms with E-state index in [0.29, 0.717) is 6.54 Å². The van der Waals surface area contributed by atoms with Gasteiger partial charge in [0.15, 0.2) is 0 Å². The van der Waals surface area contributed by atoms with Crippen LogP contribution < -0.4 is 0 Å². The summed E-state index contributed by atoms with van der Waals surface area (Å²) >= 11 is 3.37. The number of rotatable bonds is 4. The van der Waals surface area contributed by atoms with Crippen molar-refractivity contribution < 1.29 is 9.90 Å². The van der Waals surface area contributed by atoms with Gasteiger partial charge in [-0.3, -0.25) is 9.78 Å². The summed E-state index contributed by atoms with van der Waals surface area (Å²) in [6, 6.07) is 11.7. The van der Waals surface area contributed by atoms with Crippen LogP contribution in [0.15, 0.2) is 53.3 Å². The van der Waals surface area contributed by atoms with Crippen LogP contribution in [0.3, 0.4) is 0 Å². The molecule has 3 rings (SSSR count). The zero-order chi connectivity index (χ0) is 14.8. The lowest BCUT2D eigenvalue weighted by atomic mass is 10.1. The number of aliphatic carboxylic acids is 1. The summed E-state index contributed by atoms with van der Waals surface area (Å²) in [5, 5.41) is 10.0. The van der Waals surface area contributed by atoms with Crippen molar-refractivity contribution in [3.05, 3.63) is 64.5 Å². The van der Waals surface area contributed by atoms with E-state index >= 15 is 0 Å². The minimum Gasteiger partial charge on any atom is -0.481 e. The Hall–Kier alpha value is -2.14. The van der Waals surface area contributed by atoms with Crippen molar-refractivity contribution in [2.75, 3.05) is 0 Å². The summed E-state index contributed by atoms with van der Waals surface area (Å²) in [5.74, 6) is -0.820. The van der Waals surface area contributed by atoms with Crippen LogP contribution in [-0.2, 0) is 17.8 Å². The van der Waals surface area contributed by atoms with Crippen LogP contribution in [0, 0.1) is 0 Å². The molecule has 0 radical (unpaired) electrons. The van der Waals surface area contributed by atoms with E-state index in [-0.39, 0.29) is 6.42 Å². The molecule has 0 bridgehead atoms. The molecule has 3 aromatic rings. The van der Waals surface area contributed by atoms with Gasteiger partial charge in [-0.05, 0) is 39.7 Å². The zero-order valence-corrected chi connectivity index (χ0v) is 12.7. The van der Waals surface area contributed by atoms with E-state index in [1.165, 1.54) is 0 Å². The molecule has 0 aliphatic heterocycles. The molecule has 21 heavy (non-hydrogen) atoms. The Morgan fingerprint density at radius 3 is 2.76 bits per heavy atom. The Morgan fingerprint density at radius 1 is 1.24 bits per heavy atom. The summed E-state index contributed by atoms with van der Waals surface area (Å²) in [5.41, 5.74) is 2.79. The lowest BCUT2D eigenvalue weighted by Gasteiger charge is -2.04. The van der Waals surface area contributed by atoms with Gasteiger partial charge in [-0.2, -0.15) is 0 Å². The molecule has 0 amide bonds. The van der Waals surface area contributed by atoms with E-state index < -0.39 is 5.97 Å². The standard InChI is InChI=1S/C16H13BrN2O2/c17-12-5-6-13(18-8-12)10-19-9-11(7-16(20)21)14-3-1-2-4-15(14)19/h1-6,8-9H,7,10H2,(H,20,21). The van der Waals surface area contributed by atoms with E-state index in [1.807, 2.05) is 47.2 Å². The van der Waals surface area contributed by atoms with E-state index in [1.54, 1.807) is 6.20 Å². The molecule has 0 fully saturated rings. The van der Waals surface area contributed by atoms with Crippen LogP contribution in [0.1, 0.15) is 11.3 Å². The number of aromatic nitrogens is 2. The smallest absolute Gasteiger partial charge is 0.307 e. The lowest BCUT2D eigenvalue weighted by molar-refractivity contribution is -0.136. The van der Waals surface area contributed by atoms with Crippen LogP contribution >= 0.6 is 15.9 Å². The first kappa shape index (κ1) is 13.8. The normalized spacial score (nSPS) is 10.9. The van der Waals surface area contributed by atoms with E-state index in [9.17, 15) is 4.79 Å². The van der Waals surface area contributed by atoms with Gasteiger partial charge >= 0.3 is 5.97 Å². The Kier molecular flexibility index (Phi) is 3.75. The quantitative estimate of drug-likeness (QED) is 0.788. The minimum absolute atomic E-state index is 0.0290. The van der Waals surface area contributed by atoms with Gasteiger partial charge in [-0.1, -0.05) is 18.2 Å². The molecule has 2 aromatic heterocycles. The number of halogens is 1. The fourth-order valence-corrected chi connectivity index (χ4v) is 2.67. The van der Waals surface area contributed by atoms with Gasteiger partial charge in [-0.25, -0.2) is 0 Å². The summed E-state index contributed by atoms with van der Waals surface area (Å²) in [6.07, 6.45) is 3.70. The average molecular weight is 345 g/mol. The molecule has 1 N–H and O–H groups in total. The van der Waals surface area contributed by atoms with Crippen molar-refractivity contribution in [2.24, 2.45) is 0 Å². The molecular formula is C16H13BrN2O2. The summed E-state index contributed by atoms with van der Waals surface area (Å²) < 4.78 is 2.99. The Bertz CT molecular complexity index is 794. The predicted molar refractivity (Wildman–Crippen MR) is 84.3 cm³/mol. The fraction of sp³-hybridized carbons (Fsp3) is 0.125. The van der Waals surface area contributed by atoms with Crippen molar-refractivity contribution in [3.63, 3.8) is 0 Å². The van der Waals surface area contributed by atoms with Crippen molar-refractivity contribution in [1.29, 1.82) is 0 Å². The second kappa shape index (κ2) is 5.69. The largest absolute Gasteiger partial charge is 0.481 e. The third-order valence-electron chi connectivity index (χ3n) is 3.33. The monoisotopic (exact) mass is 344 g/mol. The highest BCUT2D eigenvalue weighted by molar-refractivity contribution is 9.10. The molecule has 1 aromatic carbocycles. The SMILES string of the molecule is O=C(O)Cc1cn(Cc2ccc(Br)cn2)c2ccccc12. The molecule has 0 aliphatic rings. The molecule has 0 atom stereocenters. The molecule has 5 heteroatoms. The molecule has 0 saturated heterocycles. The maximum absolute atomic E-state index is 11.0. The van der Waals surface area contributed by atoms with Gasteiger partial charge in [0.1, 0.15) is 0 Å². The minimum atomic E-state index is -0.820. The van der Waals surface area contributed by atoms with Crippen LogP contribution in [0.5, 0.6) is 0 Å². The number of carbonyl (C=O) groups is 1. The fourth-order valence-electron chi connectivity index (χ4n) is 2.43. The number of hydrogen-bond acceptors (Lipinski definition) is 2. The first-order chi connectivity index (χ1) is 10.1. The topological polar surface area (TPSA) is 55.1 Å². The van der Waals surface area contributed by atoms with Crippen molar-refractivity contribution in [1.82, 2.24) is 9.55 Å². The number of fused-ring (bicyclic) bond motifs is 1. The molecule has 0 unspecified atom stereocenters. The highest BCUT2D eigenvalue weighted by Gasteiger charge is 2.11. The Morgan fingerprint density at radius 2 is 2.05 bits per heavy atom. The summed E-state index contributed by atoms with van der Waals surface area (Å²) in [7, 11) is 0. The third kappa shape index (κ3) is 2.97. The second-order valence-electron chi connectivity index (χ2n) is 4.84. The van der Waals surface area contributed by atoms with Crippen LogP contribution in [0.25, 0.3) is 10.9 Å². The van der Waals surface area contributed by atoms with Gasteiger partial charge in [0, 0.05) is 27.8 Å².